The van der Waals surface area contributed by atoms with Gasteiger partial charge in [-0.1, -0.05) is 32.0 Å². The molecule has 0 bridgehead atoms. The molecule has 0 aliphatic rings. The minimum Gasteiger partial charge on any atom is -0.459 e. The second kappa shape index (κ2) is 6.64. The maximum atomic E-state index is 12.4. The van der Waals surface area contributed by atoms with Gasteiger partial charge in [0.15, 0.2) is 0 Å². The molecule has 5 nitrogen and oxygen atoms in total. The number of furan rings is 1. The van der Waals surface area contributed by atoms with Crippen molar-refractivity contribution in [2.45, 2.75) is 39.8 Å². The number of para-hydroxylation sites is 1. The molecule has 1 aromatic carbocycles. The van der Waals surface area contributed by atoms with E-state index < -0.39 is 6.04 Å². The molecular formula is C17H22N2O3. The minimum atomic E-state index is -0.552. The molecule has 1 aromatic heterocycles. The van der Waals surface area contributed by atoms with E-state index in [1.807, 2.05) is 51.1 Å². The van der Waals surface area contributed by atoms with Gasteiger partial charge in [-0.15, -0.1) is 0 Å². The molecule has 0 saturated heterocycles. The van der Waals surface area contributed by atoms with Gasteiger partial charge in [0.1, 0.15) is 17.4 Å². The lowest BCUT2D eigenvalue weighted by Crippen LogP contribution is -2.49. The van der Waals surface area contributed by atoms with Crippen molar-refractivity contribution in [1.29, 1.82) is 0 Å². The number of carbonyl (C=O) groups is 2. The summed E-state index contributed by atoms with van der Waals surface area (Å²) in [5, 5.41) is 6.58. The lowest BCUT2D eigenvalue weighted by Gasteiger charge is -2.22. The van der Waals surface area contributed by atoms with Gasteiger partial charge in [-0.05, 0) is 25.0 Å². The summed E-state index contributed by atoms with van der Waals surface area (Å²) in [7, 11) is 0. The monoisotopic (exact) mass is 302 g/mol. The molecule has 1 heterocycles. The topological polar surface area (TPSA) is 71.3 Å². The van der Waals surface area contributed by atoms with Crippen molar-refractivity contribution in [3.63, 3.8) is 0 Å². The van der Waals surface area contributed by atoms with Crippen LogP contribution in [-0.2, 0) is 9.59 Å². The molecular weight excluding hydrogens is 280 g/mol. The SMILES string of the molecule is CC(=O)N[C@@H](C(=O)N[C@H](C)c1cc2ccccc2o1)C(C)C. The van der Waals surface area contributed by atoms with Gasteiger partial charge in [0.2, 0.25) is 11.8 Å². The van der Waals surface area contributed by atoms with E-state index in [1.54, 1.807) is 0 Å². The quantitative estimate of drug-likeness (QED) is 0.892. The van der Waals surface area contributed by atoms with E-state index >= 15 is 0 Å². The van der Waals surface area contributed by atoms with Crippen molar-refractivity contribution in [3.8, 4) is 0 Å². The third-order valence-electron chi connectivity index (χ3n) is 3.54. The highest BCUT2D eigenvalue weighted by atomic mass is 16.3. The second-order valence-corrected chi connectivity index (χ2v) is 5.84. The predicted molar refractivity (Wildman–Crippen MR) is 85.2 cm³/mol. The number of hydrogen-bond acceptors (Lipinski definition) is 3. The molecule has 0 aliphatic heterocycles. The third-order valence-corrected chi connectivity index (χ3v) is 3.54. The lowest BCUT2D eigenvalue weighted by atomic mass is 10.0. The number of rotatable bonds is 5. The first-order valence-corrected chi connectivity index (χ1v) is 7.44. The van der Waals surface area contributed by atoms with Crippen LogP contribution in [-0.4, -0.2) is 17.9 Å². The molecule has 2 atom stereocenters. The summed E-state index contributed by atoms with van der Waals surface area (Å²) in [4.78, 5) is 23.6. The fourth-order valence-corrected chi connectivity index (χ4v) is 2.34. The van der Waals surface area contributed by atoms with Gasteiger partial charge < -0.3 is 15.1 Å². The summed E-state index contributed by atoms with van der Waals surface area (Å²) in [6, 6.07) is 8.80. The van der Waals surface area contributed by atoms with Gasteiger partial charge >= 0.3 is 0 Å². The molecule has 2 rings (SSSR count). The Balaban J connectivity index is 2.10. The summed E-state index contributed by atoms with van der Waals surface area (Å²) in [5.74, 6) is 0.273. The zero-order chi connectivity index (χ0) is 16.3. The molecule has 0 radical (unpaired) electrons. The van der Waals surface area contributed by atoms with E-state index in [0.29, 0.717) is 5.76 Å². The van der Waals surface area contributed by atoms with Crippen molar-refractivity contribution in [2.24, 2.45) is 5.92 Å². The fraction of sp³-hybridized carbons (Fsp3) is 0.412. The van der Waals surface area contributed by atoms with Crippen molar-refractivity contribution in [1.82, 2.24) is 10.6 Å². The highest BCUT2D eigenvalue weighted by Crippen LogP contribution is 2.23. The maximum absolute atomic E-state index is 12.4. The second-order valence-electron chi connectivity index (χ2n) is 5.84. The predicted octanol–water partition coefficient (Wildman–Crippen LogP) is 2.77. The van der Waals surface area contributed by atoms with E-state index in [4.69, 9.17) is 4.42 Å². The molecule has 2 amide bonds. The summed E-state index contributed by atoms with van der Waals surface area (Å²) in [6.45, 7) is 7.06. The molecule has 5 heteroatoms. The minimum absolute atomic E-state index is 0.00627. The van der Waals surface area contributed by atoms with Crippen LogP contribution in [0.1, 0.15) is 39.5 Å². The van der Waals surface area contributed by atoms with Crippen molar-refractivity contribution >= 4 is 22.8 Å². The summed E-state index contributed by atoms with van der Waals surface area (Å²) >= 11 is 0. The summed E-state index contributed by atoms with van der Waals surface area (Å²) in [5.41, 5.74) is 0.792. The maximum Gasteiger partial charge on any atom is 0.243 e. The van der Waals surface area contributed by atoms with E-state index in [2.05, 4.69) is 10.6 Å². The lowest BCUT2D eigenvalue weighted by molar-refractivity contribution is -0.129. The normalized spacial score (nSPS) is 13.9. The van der Waals surface area contributed by atoms with Crippen LogP contribution < -0.4 is 10.6 Å². The van der Waals surface area contributed by atoms with Gasteiger partial charge in [-0.3, -0.25) is 9.59 Å². The van der Waals surface area contributed by atoms with E-state index in [-0.39, 0.29) is 23.8 Å². The van der Waals surface area contributed by atoms with Crippen LogP contribution in [0.3, 0.4) is 0 Å². The van der Waals surface area contributed by atoms with Crippen molar-refractivity contribution in [3.05, 3.63) is 36.1 Å². The standard InChI is InChI=1S/C17H22N2O3/c1-10(2)16(19-12(4)20)17(21)18-11(3)15-9-13-7-5-6-8-14(13)22-15/h5-11,16H,1-4H3,(H,18,21)(H,19,20)/t11-,16-/m1/s1. The largest absolute Gasteiger partial charge is 0.459 e. The average molecular weight is 302 g/mol. The molecule has 2 aromatic rings. The number of hydrogen-bond donors (Lipinski definition) is 2. The van der Waals surface area contributed by atoms with Gasteiger partial charge in [-0.25, -0.2) is 0 Å². The first-order chi connectivity index (χ1) is 10.4. The molecule has 22 heavy (non-hydrogen) atoms. The van der Waals surface area contributed by atoms with E-state index in [9.17, 15) is 9.59 Å². The van der Waals surface area contributed by atoms with Crippen LogP contribution in [0.4, 0.5) is 0 Å². The molecule has 118 valence electrons. The third kappa shape index (κ3) is 3.67. The number of nitrogens with one attached hydrogen (secondary N) is 2. The van der Waals surface area contributed by atoms with Crippen LogP contribution >= 0.6 is 0 Å². The van der Waals surface area contributed by atoms with Crippen LogP contribution in [0.5, 0.6) is 0 Å². The molecule has 0 spiro atoms. The first-order valence-electron chi connectivity index (χ1n) is 7.44. The first kappa shape index (κ1) is 16.1. The average Bonchev–Trinajstić information content (AvgIpc) is 2.88. The van der Waals surface area contributed by atoms with Gasteiger partial charge in [0.25, 0.3) is 0 Å². The number of benzene rings is 1. The Labute approximate surface area is 130 Å². The number of carbonyl (C=O) groups excluding carboxylic acids is 2. The molecule has 2 N–H and O–H groups in total. The zero-order valence-corrected chi connectivity index (χ0v) is 13.3. The highest BCUT2D eigenvalue weighted by Gasteiger charge is 2.25. The van der Waals surface area contributed by atoms with Crippen molar-refractivity contribution in [2.75, 3.05) is 0 Å². The number of fused-ring (bicyclic) bond motifs is 1. The number of amides is 2. The smallest absolute Gasteiger partial charge is 0.243 e. The van der Waals surface area contributed by atoms with E-state index in [0.717, 1.165) is 11.0 Å². The van der Waals surface area contributed by atoms with Crippen LogP contribution in [0.2, 0.25) is 0 Å². The van der Waals surface area contributed by atoms with Gasteiger partial charge in [0.05, 0.1) is 6.04 Å². The Kier molecular flexibility index (Phi) is 4.85. The zero-order valence-electron chi connectivity index (χ0n) is 13.3. The van der Waals surface area contributed by atoms with Crippen molar-refractivity contribution < 1.29 is 14.0 Å². The Morgan fingerprint density at radius 3 is 2.36 bits per heavy atom. The van der Waals surface area contributed by atoms with Crippen LogP contribution in [0, 0.1) is 5.92 Å². The summed E-state index contributed by atoms with van der Waals surface area (Å²) < 4.78 is 5.75. The van der Waals surface area contributed by atoms with Gasteiger partial charge in [0, 0.05) is 12.3 Å². The molecule has 0 unspecified atom stereocenters. The van der Waals surface area contributed by atoms with Gasteiger partial charge in [-0.2, -0.15) is 0 Å². The van der Waals surface area contributed by atoms with Crippen LogP contribution in [0.25, 0.3) is 11.0 Å². The highest BCUT2D eigenvalue weighted by molar-refractivity contribution is 5.87. The summed E-state index contributed by atoms with van der Waals surface area (Å²) in [6.07, 6.45) is 0. The van der Waals surface area contributed by atoms with Crippen LogP contribution in [0.15, 0.2) is 34.7 Å². The Morgan fingerprint density at radius 1 is 1.09 bits per heavy atom. The molecule has 0 fully saturated rings. The Hall–Kier alpha value is -2.30. The molecule has 0 saturated carbocycles. The molecule has 0 aliphatic carbocycles. The Bertz CT molecular complexity index is 642. The Morgan fingerprint density at radius 2 is 1.77 bits per heavy atom. The van der Waals surface area contributed by atoms with E-state index in [1.165, 1.54) is 6.92 Å². The fourth-order valence-electron chi connectivity index (χ4n) is 2.34.